The summed E-state index contributed by atoms with van der Waals surface area (Å²) in [5, 5.41) is 15.2. The molecule has 1 aromatic rings. The highest BCUT2D eigenvalue weighted by molar-refractivity contribution is 5.98. The molecule has 4 N–H and O–H groups in total. The Labute approximate surface area is 115 Å². The second-order valence-electron chi connectivity index (χ2n) is 5.45. The van der Waals surface area contributed by atoms with E-state index in [0.717, 1.165) is 17.7 Å². The Hall–Kier alpha value is -1.59. The maximum Gasteiger partial charge on any atom is 0.170 e. The second kappa shape index (κ2) is 6.54. The molecule has 0 aromatic heterocycles. The van der Waals surface area contributed by atoms with E-state index in [0.29, 0.717) is 6.54 Å². The van der Waals surface area contributed by atoms with Crippen LogP contribution in [0.3, 0.4) is 0 Å². The molecule has 0 bridgehead atoms. The highest BCUT2D eigenvalue weighted by Crippen LogP contribution is 2.11. The van der Waals surface area contributed by atoms with Crippen molar-refractivity contribution in [3.05, 3.63) is 35.4 Å². The predicted octanol–water partition coefficient (Wildman–Crippen LogP) is 1.21. The van der Waals surface area contributed by atoms with Gasteiger partial charge in [0.2, 0.25) is 0 Å². The maximum atomic E-state index is 8.78. The maximum absolute atomic E-state index is 8.78. The van der Waals surface area contributed by atoms with Gasteiger partial charge in [0.1, 0.15) is 0 Å². The van der Waals surface area contributed by atoms with Crippen LogP contribution in [0.25, 0.3) is 0 Å². The minimum atomic E-state index is 0.0750. The van der Waals surface area contributed by atoms with E-state index in [2.05, 4.69) is 43.3 Å². The van der Waals surface area contributed by atoms with Crippen LogP contribution in [-0.4, -0.2) is 42.1 Å². The number of benzene rings is 1. The van der Waals surface area contributed by atoms with Crippen LogP contribution in [0.5, 0.6) is 0 Å². The van der Waals surface area contributed by atoms with Gasteiger partial charge in [0, 0.05) is 24.2 Å². The van der Waals surface area contributed by atoms with E-state index in [1.54, 1.807) is 0 Å². The summed E-state index contributed by atoms with van der Waals surface area (Å²) in [4.78, 5) is 2.18. The quantitative estimate of drug-likeness (QED) is 0.312. The molecule has 5 heteroatoms. The fraction of sp³-hybridized carbons (Fsp3) is 0.500. The minimum Gasteiger partial charge on any atom is -0.409 e. The highest BCUT2D eigenvalue weighted by Gasteiger charge is 2.19. The molecule has 0 radical (unpaired) electrons. The van der Waals surface area contributed by atoms with E-state index in [1.807, 2.05) is 24.3 Å². The molecule has 1 aromatic carbocycles. The first-order chi connectivity index (χ1) is 8.88. The van der Waals surface area contributed by atoms with Gasteiger partial charge in [-0.15, -0.1) is 0 Å². The lowest BCUT2D eigenvalue weighted by atomic mass is 10.0. The van der Waals surface area contributed by atoms with Crippen molar-refractivity contribution in [2.75, 3.05) is 20.6 Å². The zero-order valence-electron chi connectivity index (χ0n) is 12.1. The molecular formula is C14H24N4O. The summed E-state index contributed by atoms with van der Waals surface area (Å²) in [5.41, 5.74) is 7.52. The molecule has 0 amide bonds. The number of hydrogen-bond acceptors (Lipinski definition) is 4. The van der Waals surface area contributed by atoms with Gasteiger partial charge in [-0.1, -0.05) is 29.4 Å². The van der Waals surface area contributed by atoms with Crippen LogP contribution < -0.4 is 11.1 Å². The number of likely N-dealkylation sites (N-methyl/N-ethyl adjacent to an activating group) is 1. The van der Waals surface area contributed by atoms with Crippen molar-refractivity contribution in [3.8, 4) is 0 Å². The van der Waals surface area contributed by atoms with Crippen LogP contribution in [0.4, 0.5) is 0 Å². The van der Waals surface area contributed by atoms with Gasteiger partial charge in [-0.2, -0.15) is 0 Å². The second-order valence-corrected chi connectivity index (χ2v) is 5.45. The van der Waals surface area contributed by atoms with Gasteiger partial charge in [-0.3, -0.25) is 0 Å². The van der Waals surface area contributed by atoms with Crippen LogP contribution in [0.15, 0.2) is 29.4 Å². The molecule has 0 unspecified atom stereocenters. The van der Waals surface area contributed by atoms with Gasteiger partial charge in [0.05, 0.1) is 0 Å². The van der Waals surface area contributed by atoms with Gasteiger partial charge in [-0.25, -0.2) is 0 Å². The summed E-state index contributed by atoms with van der Waals surface area (Å²) in [7, 11) is 4.12. The van der Waals surface area contributed by atoms with Crippen LogP contribution in [0, 0.1) is 0 Å². The van der Waals surface area contributed by atoms with Crippen LogP contribution in [0.1, 0.15) is 25.0 Å². The minimum absolute atomic E-state index is 0.0750. The number of nitrogens with zero attached hydrogens (tertiary/aromatic N) is 2. The Morgan fingerprint density at radius 2 is 2.00 bits per heavy atom. The molecule has 1 rings (SSSR count). The SMILES string of the molecule is CN(C)C(C)(C)CNCc1ccccc1C(N)=NO. The molecule has 0 heterocycles. The normalized spacial score (nSPS) is 13.0. The zero-order valence-corrected chi connectivity index (χ0v) is 12.1. The molecule has 19 heavy (non-hydrogen) atoms. The Kier molecular flexibility index (Phi) is 5.32. The standard InChI is InChI=1S/C14H24N4O/c1-14(2,18(3)4)10-16-9-11-7-5-6-8-12(11)13(15)17-19/h5-8,16,19H,9-10H2,1-4H3,(H2,15,17). The Morgan fingerprint density at radius 3 is 2.58 bits per heavy atom. The predicted molar refractivity (Wildman–Crippen MR) is 78.4 cm³/mol. The third kappa shape index (κ3) is 4.22. The molecule has 0 aliphatic carbocycles. The molecule has 0 saturated carbocycles. The van der Waals surface area contributed by atoms with E-state index in [4.69, 9.17) is 10.9 Å². The van der Waals surface area contributed by atoms with Crippen LogP contribution in [0.2, 0.25) is 0 Å². The Bertz CT molecular complexity index is 441. The third-order valence-corrected chi connectivity index (χ3v) is 3.48. The van der Waals surface area contributed by atoms with E-state index in [1.165, 1.54) is 0 Å². The van der Waals surface area contributed by atoms with Crippen LogP contribution >= 0.6 is 0 Å². The van der Waals surface area contributed by atoms with Gasteiger partial charge in [0.25, 0.3) is 0 Å². The van der Waals surface area contributed by atoms with E-state index in [-0.39, 0.29) is 11.4 Å². The van der Waals surface area contributed by atoms with Gasteiger partial charge in [-0.05, 0) is 33.5 Å². The van der Waals surface area contributed by atoms with Crippen LogP contribution in [-0.2, 0) is 6.54 Å². The monoisotopic (exact) mass is 264 g/mol. The molecule has 0 fully saturated rings. The smallest absolute Gasteiger partial charge is 0.170 e. The highest BCUT2D eigenvalue weighted by atomic mass is 16.4. The van der Waals surface area contributed by atoms with E-state index in [9.17, 15) is 0 Å². The average Bonchev–Trinajstić information content (AvgIpc) is 2.38. The largest absolute Gasteiger partial charge is 0.409 e. The molecule has 0 saturated heterocycles. The number of oxime groups is 1. The number of amidine groups is 1. The van der Waals surface area contributed by atoms with Crippen molar-refractivity contribution in [1.82, 2.24) is 10.2 Å². The Morgan fingerprint density at radius 1 is 1.37 bits per heavy atom. The lowest BCUT2D eigenvalue weighted by Gasteiger charge is -2.32. The van der Waals surface area contributed by atoms with Crippen molar-refractivity contribution >= 4 is 5.84 Å². The molecule has 106 valence electrons. The van der Waals surface area contributed by atoms with Crippen molar-refractivity contribution in [2.24, 2.45) is 10.9 Å². The molecular weight excluding hydrogens is 240 g/mol. The molecule has 0 aliphatic rings. The fourth-order valence-corrected chi connectivity index (χ4v) is 1.64. The van der Waals surface area contributed by atoms with Crippen molar-refractivity contribution in [3.63, 3.8) is 0 Å². The molecule has 0 atom stereocenters. The summed E-state index contributed by atoms with van der Waals surface area (Å²) in [6.45, 7) is 5.89. The van der Waals surface area contributed by atoms with Crippen molar-refractivity contribution < 1.29 is 5.21 Å². The van der Waals surface area contributed by atoms with Gasteiger partial charge in [0.15, 0.2) is 5.84 Å². The lowest BCUT2D eigenvalue weighted by molar-refractivity contribution is 0.190. The zero-order chi connectivity index (χ0) is 14.5. The van der Waals surface area contributed by atoms with E-state index < -0.39 is 0 Å². The first-order valence-corrected chi connectivity index (χ1v) is 6.32. The molecule has 0 spiro atoms. The van der Waals surface area contributed by atoms with Gasteiger partial charge < -0.3 is 21.2 Å². The summed E-state index contributed by atoms with van der Waals surface area (Å²) in [6, 6.07) is 7.65. The summed E-state index contributed by atoms with van der Waals surface area (Å²) >= 11 is 0. The Balaban J connectivity index is 2.69. The summed E-state index contributed by atoms with van der Waals surface area (Å²) in [5.74, 6) is 0.143. The fourth-order valence-electron chi connectivity index (χ4n) is 1.64. The van der Waals surface area contributed by atoms with Gasteiger partial charge >= 0.3 is 0 Å². The summed E-state index contributed by atoms with van der Waals surface area (Å²) in [6.07, 6.45) is 0. The first-order valence-electron chi connectivity index (χ1n) is 6.32. The number of hydrogen-bond donors (Lipinski definition) is 3. The molecule has 5 nitrogen and oxygen atoms in total. The topological polar surface area (TPSA) is 73.9 Å². The number of rotatable bonds is 6. The first kappa shape index (κ1) is 15.5. The average molecular weight is 264 g/mol. The van der Waals surface area contributed by atoms with Crippen molar-refractivity contribution in [1.29, 1.82) is 0 Å². The number of nitrogens with two attached hydrogens (primary N) is 1. The lowest BCUT2D eigenvalue weighted by Crippen LogP contribution is -2.46. The van der Waals surface area contributed by atoms with E-state index >= 15 is 0 Å². The number of nitrogens with one attached hydrogen (secondary N) is 1. The summed E-state index contributed by atoms with van der Waals surface area (Å²) < 4.78 is 0. The van der Waals surface area contributed by atoms with Crippen molar-refractivity contribution in [2.45, 2.75) is 25.9 Å². The molecule has 0 aliphatic heterocycles. The third-order valence-electron chi connectivity index (χ3n) is 3.48.